The highest BCUT2D eigenvalue weighted by Crippen LogP contribution is 2.17. The molecule has 0 fully saturated rings. The first-order valence-electron chi connectivity index (χ1n) is 5.18. The average Bonchev–Trinajstić information content (AvgIpc) is 2.32. The van der Waals surface area contributed by atoms with Gasteiger partial charge in [-0.15, -0.1) is 12.3 Å². The molecule has 90 valence electrons. The summed E-state index contributed by atoms with van der Waals surface area (Å²) in [4.78, 5) is 15.6. The van der Waals surface area contributed by atoms with Gasteiger partial charge in [0.25, 0.3) is 5.91 Å². The third kappa shape index (κ3) is 4.76. The van der Waals surface area contributed by atoms with Crippen molar-refractivity contribution in [3.63, 3.8) is 0 Å². The van der Waals surface area contributed by atoms with E-state index in [1.54, 1.807) is 12.3 Å². The van der Waals surface area contributed by atoms with Crippen molar-refractivity contribution in [2.75, 3.05) is 6.54 Å². The molecule has 0 aliphatic carbocycles. The number of hydrogen-bond donors (Lipinski definition) is 1. The van der Waals surface area contributed by atoms with Crippen LogP contribution in [0.15, 0.2) is 16.7 Å². The van der Waals surface area contributed by atoms with E-state index in [1.807, 2.05) is 0 Å². The van der Waals surface area contributed by atoms with Crippen LogP contribution in [0.4, 0.5) is 0 Å². The zero-order chi connectivity index (χ0) is 12.7. The van der Waals surface area contributed by atoms with Crippen LogP contribution in [0, 0.1) is 12.3 Å². The number of unbranched alkanes of at least 4 members (excludes halogenated alkanes) is 2. The number of carbonyl (C=O) groups is 1. The number of carbonyl (C=O) groups excluding carboxylic acids is 1. The van der Waals surface area contributed by atoms with E-state index in [1.165, 1.54) is 0 Å². The molecular formula is C12H12BrClN2O. The standard InChI is InChI=1S/C12H12BrClN2O/c1-2-3-4-5-6-15-12(17)10-7-9(13)8-16-11(10)14/h1,7-8H,3-6H2,(H,15,17). The van der Waals surface area contributed by atoms with E-state index in [-0.39, 0.29) is 11.1 Å². The topological polar surface area (TPSA) is 42.0 Å². The van der Waals surface area contributed by atoms with Crippen LogP contribution in [0.3, 0.4) is 0 Å². The lowest BCUT2D eigenvalue weighted by Crippen LogP contribution is -2.24. The van der Waals surface area contributed by atoms with Crippen molar-refractivity contribution in [2.24, 2.45) is 0 Å². The van der Waals surface area contributed by atoms with Crippen molar-refractivity contribution < 1.29 is 4.79 Å². The molecule has 0 aromatic carbocycles. The molecule has 0 saturated carbocycles. The monoisotopic (exact) mass is 314 g/mol. The van der Waals surface area contributed by atoms with Crippen LogP contribution < -0.4 is 5.32 Å². The summed E-state index contributed by atoms with van der Waals surface area (Å²) in [5.74, 6) is 2.34. The van der Waals surface area contributed by atoms with Gasteiger partial charge in [-0.2, -0.15) is 0 Å². The van der Waals surface area contributed by atoms with Crippen molar-refractivity contribution in [1.29, 1.82) is 0 Å². The molecule has 3 nitrogen and oxygen atoms in total. The van der Waals surface area contributed by atoms with Gasteiger partial charge in [-0.25, -0.2) is 4.98 Å². The molecule has 1 aromatic rings. The van der Waals surface area contributed by atoms with Crippen LogP contribution in [0.25, 0.3) is 0 Å². The van der Waals surface area contributed by atoms with Crippen LogP contribution in [0.5, 0.6) is 0 Å². The molecule has 0 aliphatic rings. The zero-order valence-corrected chi connectivity index (χ0v) is 11.5. The minimum absolute atomic E-state index is 0.203. The van der Waals surface area contributed by atoms with Gasteiger partial charge >= 0.3 is 0 Å². The predicted molar refractivity (Wildman–Crippen MR) is 72.0 cm³/mol. The van der Waals surface area contributed by atoms with Crippen molar-refractivity contribution in [3.05, 3.63) is 27.5 Å². The minimum Gasteiger partial charge on any atom is -0.352 e. The van der Waals surface area contributed by atoms with E-state index in [0.717, 1.165) is 23.7 Å². The normalized spacial score (nSPS) is 9.71. The van der Waals surface area contributed by atoms with Gasteiger partial charge in [0.05, 0.1) is 5.56 Å². The number of nitrogens with zero attached hydrogens (tertiary/aromatic N) is 1. The Morgan fingerprint density at radius 1 is 1.59 bits per heavy atom. The molecule has 0 aliphatic heterocycles. The van der Waals surface area contributed by atoms with Crippen LogP contribution >= 0.6 is 27.5 Å². The lowest BCUT2D eigenvalue weighted by atomic mass is 10.2. The second-order valence-corrected chi connectivity index (χ2v) is 4.68. The second kappa shape index (κ2) is 7.31. The van der Waals surface area contributed by atoms with E-state index in [9.17, 15) is 4.79 Å². The number of aromatic nitrogens is 1. The molecular weight excluding hydrogens is 304 g/mol. The van der Waals surface area contributed by atoms with Gasteiger partial charge in [0.1, 0.15) is 5.15 Å². The molecule has 1 rings (SSSR count). The first kappa shape index (κ1) is 14.0. The van der Waals surface area contributed by atoms with E-state index < -0.39 is 0 Å². The molecule has 0 saturated heterocycles. The van der Waals surface area contributed by atoms with Gasteiger partial charge in [-0.3, -0.25) is 4.79 Å². The maximum Gasteiger partial charge on any atom is 0.254 e. The smallest absolute Gasteiger partial charge is 0.254 e. The van der Waals surface area contributed by atoms with Crippen LogP contribution in [0.2, 0.25) is 5.15 Å². The molecule has 1 heterocycles. The van der Waals surface area contributed by atoms with Gasteiger partial charge in [0.15, 0.2) is 0 Å². The van der Waals surface area contributed by atoms with Crippen LogP contribution in [0.1, 0.15) is 29.6 Å². The summed E-state index contributed by atoms with van der Waals surface area (Å²) < 4.78 is 0.722. The Balaban J connectivity index is 2.47. The quantitative estimate of drug-likeness (QED) is 0.515. The number of amides is 1. The lowest BCUT2D eigenvalue weighted by Gasteiger charge is -2.06. The molecule has 1 N–H and O–H groups in total. The molecule has 1 aromatic heterocycles. The fourth-order valence-electron chi connectivity index (χ4n) is 1.23. The Bertz CT molecular complexity index is 443. The second-order valence-electron chi connectivity index (χ2n) is 3.41. The highest BCUT2D eigenvalue weighted by Gasteiger charge is 2.11. The van der Waals surface area contributed by atoms with E-state index in [4.69, 9.17) is 18.0 Å². The molecule has 0 atom stereocenters. The molecule has 0 radical (unpaired) electrons. The fraction of sp³-hybridized carbons (Fsp3) is 0.333. The largest absolute Gasteiger partial charge is 0.352 e. The first-order chi connectivity index (χ1) is 8.15. The molecule has 5 heteroatoms. The molecule has 1 amide bonds. The molecule has 0 unspecified atom stereocenters. The van der Waals surface area contributed by atoms with E-state index >= 15 is 0 Å². The summed E-state index contributed by atoms with van der Waals surface area (Å²) in [6, 6.07) is 1.64. The van der Waals surface area contributed by atoms with Gasteiger partial charge in [-0.05, 0) is 34.8 Å². The minimum atomic E-state index is -0.218. The highest BCUT2D eigenvalue weighted by molar-refractivity contribution is 9.10. The Labute approximate surface area is 114 Å². The van der Waals surface area contributed by atoms with Crippen LogP contribution in [-0.2, 0) is 0 Å². The number of terminal acetylenes is 1. The summed E-state index contributed by atoms with van der Waals surface area (Å²) in [6.45, 7) is 0.587. The number of rotatable bonds is 5. The Kier molecular flexibility index (Phi) is 6.03. The SMILES string of the molecule is C#CCCCCNC(=O)c1cc(Br)cnc1Cl. The Morgan fingerprint density at radius 2 is 2.35 bits per heavy atom. The average molecular weight is 316 g/mol. The number of nitrogens with one attached hydrogen (secondary N) is 1. The molecule has 17 heavy (non-hydrogen) atoms. The maximum atomic E-state index is 11.8. The summed E-state index contributed by atoms with van der Waals surface area (Å²) >= 11 is 9.08. The Hall–Kier alpha value is -1.05. The molecule has 0 spiro atoms. The predicted octanol–water partition coefficient (Wildman–Crippen LogP) is 3.03. The fourth-order valence-corrected chi connectivity index (χ4v) is 1.75. The van der Waals surface area contributed by atoms with Gasteiger partial charge < -0.3 is 5.32 Å². The van der Waals surface area contributed by atoms with E-state index in [0.29, 0.717) is 12.1 Å². The highest BCUT2D eigenvalue weighted by atomic mass is 79.9. The summed E-state index contributed by atoms with van der Waals surface area (Å²) in [7, 11) is 0. The number of hydrogen-bond acceptors (Lipinski definition) is 2. The van der Waals surface area contributed by atoms with Crippen molar-refractivity contribution in [3.8, 4) is 12.3 Å². The first-order valence-corrected chi connectivity index (χ1v) is 6.35. The number of pyridine rings is 1. The van der Waals surface area contributed by atoms with Gasteiger partial charge in [0.2, 0.25) is 0 Å². The summed E-state index contributed by atoms with van der Waals surface area (Å²) in [6.07, 6.45) is 9.17. The lowest BCUT2D eigenvalue weighted by molar-refractivity contribution is 0.0953. The van der Waals surface area contributed by atoms with Crippen LogP contribution in [-0.4, -0.2) is 17.4 Å². The molecule has 0 bridgehead atoms. The summed E-state index contributed by atoms with van der Waals surface area (Å²) in [5.41, 5.74) is 0.373. The van der Waals surface area contributed by atoms with Crippen molar-refractivity contribution in [1.82, 2.24) is 10.3 Å². The van der Waals surface area contributed by atoms with E-state index in [2.05, 4.69) is 32.2 Å². The number of halogens is 2. The maximum absolute atomic E-state index is 11.8. The summed E-state index contributed by atoms with van der Waals surface area (Å²) in [5, 5.41) is 2.98. The van der Waals surface area contributed by atoms with Gasteiger partial charge in [-0.1, -0.05) is 11.6 Å². The third-order valence-corrected chi connectivity index (χ3v) is 2.82. The van der Waals surface area contributed by atoms with Crippen molar-refractivity contribution >= 4 is 33.4 Å². The Morgan fingerprint density at radius 3 is 3.06 bits per heavy atom. The third-order valence-electron chi connectivity index (χ3n) is 2.08. The zero-order valence-electron chi connectivity index (χ0n) is 9.17. The van der Waals surface area contributed by atoms with Crippen molar-refractivity contribution in [2.45, 2.75) is 19.3 Å². The van der Waals surface area contributed by atoms with Gasteiger partial charge in [0, 0.05) is 23.6 Å².